The molecular formula is C22H19F3N4O4. The van der Waals surface area contributed by atoms with Crippen molar-refractivity contribution < 1.29 is 22.7 Å². The molecule has 1 aromatic heterocycles. The lowest BCUT2D eigenvalue weighted by atomic mass is 10.1. The van der Waals surface area contributed by atoms with Crippen LogP contribution in [0.4, 0.5) is 18.9 Å². The van der Waals surface area contributed by atoms with Crippen molar-refractivity contribution in [3.63, 3.8) is 0 Å². The summed E-state index contributed by atoms with van der Waals surface area (Å²) in [6.45, 7) is 3.68. The first-order valence-corrected chi connectivity index (χ1v) is 9.57. The molecule has 3 rings (SSSR count). The quantitative estimate of drug-likeness (QED) is 0.448. The van der Waals surface area contributed by atoms with Crippen LogP contribution in [0.3, 0.4) is 0 Å². The Morgan fingerprint density at radius 2 is 1.67 bits per heavy atom. The summed E-state index contributed by atoms with van der Waals surface area (Å²) in [5.74, 6) is -1.16. The van der Waals surface area contributed by atoms with Crippen molar-refractivity contribution in [3.05, 3.63) is 92.4 Å². The van der Waals surface area contributed by atoms with Gasteiger partial charge in [0.1, 0.15) is 5.75 Å². The number of rotatable bonds is 6. The predicted molar refractivity (Wildman–Crippen MR) is 115 cm³/mol. The van der Waals surface area contributed by atoms with E-state index >= 15 is 0 Å². The Hall–Kier alpha value is -4.15. The molecule has 0 atom stereocenters. The molecule has 1 N–H and O–H groups in total. The minimum atomic E-state index is -4.80. The summed E-state index contributed by atoms with van der Waals surface area (Å²) in [6, 6.07) is 10.1. The summed E-state index contributed by atoms with van der Waals surface area (Å²) in [6.07, 6.45) is -2.57. The summed E-state index contributed by atoms with van der Waals surface area (Å²) in [5.41, 5.74) is 0.490. The Labute approximate surface area is 185 Å². The van der Waals surface area contributed by atoms with Crippen LogP contribution >= 0.6 is 0 Å². The van der Waals surface area contributed by atoms with E-state index in [1.165, 1.54) is 25.4 Å². The molecule has 0 fully saturated rings. The molecule has 0 aliphatic heterocycles. The minimum Gasteiger partial charge on any atom is -0.406 e. The molecule has 0 spiro atoms. The lowest BCUT2D eigenvalue weighted by Crippen LogP contribution is -2.42. The highest BCUT2D eigenvalue weighted by Gasteiger charge is 2.30. The summed E-state index contributed by atoms with van der Waals surface area (Å²) < 4.78 is 42.2. The van der Waals surface area contributed by atoms with Crippen LogP contribution in [0, 0.1) is 13.8 Å². The number of carbonyl (C=O) groups excluding carboxylic acids is 1. The Morgan fingerprint density at radius 1 is 1.06 bits per heavy atom. The van der Waals surface area contributed by atoms with E-state index in [4.69, 9.17) is 0 Å². The maximum absolute atomic E-state index is 12.6. The molecule has 0 aliphatic rings. The highest BCUT2D eigenvalue weighted by atomic mass is 19.4. The monoisotopic (exact) mass is 460 g/mol. The van der Waals surface area contributed by atoms with E-state index in [1.54, 1.807) is 12.1 Å². The number of allylic oxidation sites excluding steroid dienone is 1. The smallest absolute Gasteiger partial charge is 0.406 e. The number of benzene rings is 2. The number of hydrogen-bond donors (Lipinski definition) is 1. The van der Waals surface area contributed by atoms with Crippen LogP contribution in [0.15, 0.2) is 64.3 Å². The van der Waals surface area contributed by atoms with Gasteiger partial charge in [-0.3, -0.25) is 14.2 Å². The Balaban J connectivity index is 1.84. The number of alkyl halides is 3. The van der Waals surface area contributed by atoms with E-state index in [-0.39, 0.29) is 0 Å². The number of anilines is 1. The summed E-state index contributed by atoms with van der Waals surface area (Å²) >= 11 is 0. The third-order valence-electron chi connectivity index (χ3n) is 4.43. The number of aryl methyl sites for hydroxylation is 2. The summed E-state index contributed by atoms with van der Waals surface area (Å²) in [5, 5.41) is 6.67. The maximum Gasteiger partial charge on any atom is 0.573 e. The molecule has 33 heavy (non-hydrogen) atoms. The number of halogens is 3. The fourth-order valence-corrected chi connectivity index (χ4v) is 3.01. The van der Waals surface area contributed by atoms with Crippen LogP contribution in [0.5, 0.6) is 5.75 Å². The van der Waals surface area contributed by atoms with Crippen molar-refractivity contribution in [3.8, 4) is 11.4 Å². The van der Waals surface area contributed by atoms with Gasteiger partial charge < -0.3 is 10.1 Å². The molecule has 0 radical (unpaired) electrons. The zero-order valence-electron chi connectivity index (χ0n) is 17.8. The average Bonchev–Trinajstić information content (AvgIpc) is 2.71. The van der Waals surface area contributed by atoms with Crippen LogP contribution < -0.4 is 21.3 Å². The normalized spacial score (nSPS) is 11.6. The zero-order valence-corrected chi connectivity index (χ0v) is 17.8. The lowest BCUT2D eigenvalue weighted by molar-refractivity contribution is -0.274. The Morgan fingerprint density at radius 3 is 2.24 bits per heavy atom. The van der Waals surface area contributed by atoms with Crippen LogP contribution in [-0.2, 0) is 7.05 Å². The number of ketones is 1. The summed E-state index contributed by atoms with van der Waals surface area (Å²) in [7, 11) is 1.24. The topological polar surface area (TPSA) is 95.2 Å². The molecule has 8 nitrogen and oxygen atoms in total. The fourth-order valence-electron chi connectivity index (χ4n) is 3.01. The molecular weight excluding hydrogens is 441 g/mol. The van der Waals surface area contributed by atoms with Crippen LogP contribution in [0.25, 0.3) is 5.69 Å². The van der Waals surface area contributed by atoms with Gasteiger partial charge in [0.25, 0.3) is 5.56 Å². The molecule has 0 aliphatic carbocycles. The average molecular weight is 460 g/mol. The van der Waals surface area contributed by atoms with E-state index in [9.17, 15) is 27.6 Å². The van der Waals surface area contributed by atoms with E-state index in [0.29, 0.717) is 11.4 Å². The third-order valence-corrected chi connectivity index (χ3v) is 4.43. The molecule has 0 saturated heterocycles. The molecule has 0 amide bonds. The number of nitrogens with zero attached hydrogens (tertiary/aromatic N) is 3. The Kier molecular flexibility index (Phi) is 6.52. The second kappa shape index (κ2) is 9.15. The first-order valence-electron chi connectivity index (χ1n) is 9.57. The van der Waals surface area contributed by atoms with Gasteiger partial charge in [-0.05, 0) is 61.4 Å². The van der Waals surface area contributed by atoms with E-state index in [0.717, 1.165) is 38.6 Å². The Bertz CT molecular complexity index is 1320. The number of hydrogen-bond acceptors (Lipinski definition) is 6. The van der Waals surface area contributed by atoms with Gasteiger partial charge >= 0.3 is 12.1 Å². The van der Waals surface area contributed by atoms with Gasteiger partial charge in [0.05, 0.1) is 5.69 Å². The van der Waals surface area contributed by atoms with Crippen molar-refractivity contribution >= 4 is 11.5 Å². The molecule has 0 saturated carbocycles. The van der Waals surface area contributed by atoms with Crippen molar-refractivity contribution in [2.24, 2.45) is 7.05 Å². The second-order valence-electron chi connectivity index (χ2n) is 7.17. The first-order chi connectivity index (χ1) is 15.4. The number of aromatic nitrogens is 3. The SMILES string of the molecule is Cc1cc(C)cc(-n2nc(C(=O)/C=C/Nc3ccc(OC(F)(F)F)cc3)c(=O)n(C)c2=O)c1. The standard InChI is InChI=1S/C22H19F3N4O4/c1-13-10-14(2)12-16(11-13)29-21(32)28(3)20(31)19(27-29)18(30)8-9-26-15-4-6-17(7-5-15)33-22(23,24)25/h4-12,26H,1-3H3/b9-8+. The highest BCUT2D eigenvalue weighted by Crippen LogP contribution is 2.23. The van der Waals surface area contributed by atoms with Crippen molar-refractivity contribution in [1.82, 2.24) is 14.3 Å². The third kappa shape index (κ3) is 5.76. The van der Waals surface area contributed by atoms with Gasteiger partial charge in [0, 0.05) is 25.0 Å². The number of nitrogens with one attached hydrogen (secondary N) is 1. The van der Waals surface area contributed by atoms with Gasteiger partial charge in [-0.2, -0.15) is 9.78 Å². The van der Waals surface area contributed by atoms with Gasteiger partial charge in [-0.1, -0.05) is 6.07 Å². The molecule has 0 bridgehead atoms. The molecule has 0 unspecified atom stereocenters. The van der Waals surface area contributed by atoms with Gasteiger partial charge in [-0.25, -0.2) is 4.79 Å². The maximum atomic E-state index is 12.6. The molecule has 2 aromatic carbocycles. The van der Waals surface area contributed by atoms with E-state index in [2.05, 4.69) is 15.2 Å². The number of carbonyl (C=O) groups is 1. The van der Waals surface area contributed by atoms with Crippen LogP contribution in [-0.4, -0.2) is 26.5 Å². The van der Waals surface area contributed by atoms with Crippen molar-refractivity contribution in [2.45, 2.75) is 20.2 Å². The van der Waals surface area contributed by atoms with Crippen molar-refractivity contribution in [2.75, 3.05) is 5.32 Å². The summed E-state index contributed by atoms with van der Waals surface area (Å²) in [4.78, 5) is 37.6. The van der Waals surface area contributed by atoms with E-state index < -0.39 is 34.8 Å². The molecule has 3 aromatic rings. The van der Waals surface area contributed by atoms with Crippen LogP contribution in [0.2, 0.25) is 0 Å². The van der Waals surface area contributed by atoms with Crippen molar-refractivity contribution in [1.29, 1.82) is 0 Å². The highest BCUT2D eigenvalue weighted by molar-refractivity contribution is 6.02. The molecule has 1 heterocycles. The second-order valence-corrected chi connectivity index (χ2v) is 7.17. The minimum absolute atomic E-state index is 0.370. The lowest BCUT2D eigenvalue weighted by Gasteiger charge is -2.10. The van der Waals surface area contributed by atoms with Gasteiger partial charge in [0.2, 0.25) is 5.78 Å². The predicted octanol–water partition coefficient (Wildman–Crippen LogP) is 3.26. The molecule has 172 valence electrons. The largest absolute Gasteiger partial charge is 0.573 e. The van der Waals surface area contributed by atoms with Gasteiger partial charge in [0.15, 0.2) is 5.69 Å². The number of ether oxygens (including phenoxy) is 1. The first kappa shape index (κ1) is 23.5. The van der Waals surface area contributed by atoms with E-state index in [1.807, 2.05) is 19.9 Å². The fraction of sp³-hybridized carbons (Fsp3) is 0.182. The van der Waals surface area contributed by atoms with Gasteiger partial charge in [-0.15, -0.1) is 13.2 Å². The van der Waals surface area contributed by atoms with Crippen LogP contribution in [0.1, 0.15) is 21.6 Å². The zero-order chi connectivity index (χ0) is 24.3. The molecule has 11 heteroatoms.